The van der Waals surface area contributed by atoms with Crippen molar-refractivity contribution >= 4 is 0 Å². The van der Waals surface area contributed by atoms with Gasteiger partial charge >= 0.3 is 12.4 Å². The van der Waals surface area contributed by atoms with E-state index < -0.39 is 23.5 Å². The first-order valence-corrected chi connectivity index (χ1v) is 6.26. The molecule has 0 fully saturated rings. The third kappa shape index (κ3) is 3.08. The van der Waals surface area contributed by atoms with E-state index in [0.717, 1.165) is 6.07 Å². The molecule has 1 nitrogen and oxygen atoms in total. The van der Waals surface area contributed by atoms with Gasteiger partial charge in [-0.2, -0.15) is 26.3 Å². The summed E-state index contributed by atoms with van der Waals surface area (Å²) in [6, 6.07) is 5.49. The van der Waals surface area contributed by atoms with Gasteiger partial charge in [0.15, 0.2) is 6.20 Å². The Balaban J connectivity index is 2.82. The Kier molecular flexibility index (Phi) is 3.93. The lowest BCUT2D eigenvalue weighted by Crippen LogP contribution is -2.31. The van der Waals surface area contributed by atoms with Crippen molar-refractivity contribution in [3.05, 3.63) is 53.2 Å². The van der Waals surface area contributed by atoms with Crippen LogP contribution in [0.25, 0.3) is 11.3 Å². The molecule has 1 aromatic carbocycles. The molecule has 0 N–H and O–H groups in total. The number of hydrogen-bond acceptors (Lipinski definition) is 0. The van der Waals surface area contributed by atoms with E-state index in [1.54, 1.807) is 6.07 Å². The second kappa shape index (κ2) is 5.30. The summed E-state index contributed by atoms with van der Waals surface area (Å²) in [7, 11) is 1.53. The fraction of sp³-hybridized carbons (Fsp3) is 0.267. The van der Waals surface area contributed by atoms with Gasteiger partial charge in [-0.25, -0.2) is 4.57 Å². The van der Waals surface area contributed by atoms with Crippen molar-refractivity contribution in [2.45, 2.75) is 19.3 Å². The molecule has 0 bridgehead atoms. The Morgan fingerprint density at radius 2 is 1.55 bits per heavy atom. The van der Waals surface area contributed by atoms with Gasteiger partial charge in [0.05, 0.1) is 16.7 Å². The fourth-order valence-electron chi connectivity index (χ4n) is 2.30. The van der Waals surface area contributed by atoms with Gasteiger partial charge in [0.25, 0.3) is 0 Å². The molecule has 0 saturated carbocycles. The molecular weight excluding hydrogens is 308 g/mol. The van der Waals surface area contributed by atoms with Gasteiger partial charge < -0.3 is 0 Å². The molecule has 0 radical (unpaired) electrons. The Labute approximate surface area is 122 Å². The summed E-state index contributed by atoms with van der Waals surface area (Å²) < 4.78 is 79.5. The van der Waals surface area contributed by atoms with Crippen LogP contribution in [0.15, 0.2) is 36.5 Å². The van der Waals surface area contributed by atoms with Gasteiger partial charge in [-0.3, -0.25) is 0 Å². The molecule has 1 aromatic heterocycles. The van der Waals surface area contributed by atoms with Crippen LogP contribution in [0, 0.1) is 6.92 Å². The first kappa shape index (κ1) is 16.3. The van der Waals surface area contributed by atoms with Crippen molar-refractivity contribution in [2.24, 2.45) is 7.05 Å². The molecule has 0 amide bonds. The number of halogens is 6. The maximum atomic E-state index is 13.2. The predicted molar refractivity (Wildman–Crippen MR) is 67.8 cm³/mol. The van der Waals surface area contributed by atoms with E-state index in [1.807, 2.05) is 0 Å². The van der Waals surface area contributed by atoms with Gasteiger partial charge in [-0.1, -0.05) is 0 Å². The summed E-state index contributed by atoms with van der Waals surface area (Å²) in [5.74, 6) is 0. The van der Waals surface area contributed by atoms with Crippen LogP contribution in [0.5, 0.6) is 0 Å². The molecular formula is C15H12F6N+. The summed E-state index contributed by atoms with van der Waals surface area (Å²) >= 11 is 0. The number of hydrogen-bond donors (Lipinski definition) is 0. The third-order valence-electron chi connectivity index (χ3n) is 3.28. The Morgan fingerprint density at radius 3 is 2.05 bits per heavy atom. The largest absolute Gasteiger partial charge is 0.417 e. The van der Waals surface area contributed by atoms with Gasteiger partial charge in [-0.15, -0.1) is 0 Å². The van der Waals surface area contributed by atoms with Crippen molar-refractivity contribution in [2.75, 3.05) is 0 Å². The van der Waals surface area contributed by atoms with E-state index >= 15 is 0 Å². The van der Waals surface area contributed by atoms with E-state index in [1.165, 1.54) is 36.9 Å². The summed E-state index contributed by atoms with van der Waals surface area (Å²) in [6.07, 6.45) is -8.18. The van der Waals surface area contributed by atoms with Gasteiger partial charge in [0.1, 0.15) is 7.05 Å². The molecule has 0 aliphatic carbocycles. The third-order valence-corrected chi connectivity index (χ3v) is 3.28. The van der Waals surface area contributed by atoms with Gasteiger partial charge in [-0.05, 0) is 30.7 Å². The minimum absolute atomic E-state index is 0.0797. The summed E-state index contributed by atoms with van der Waals surface area (Å²) in [6.45, 7) is 1.24. The summed E-state index contributed by atoms with van der Waals surface area (Å²) in [5, 5.41) is 0. The first-order valence-electron chi connectivity index (χ1n) is 6.26. The first-order chi connectivity index (χ1) is 10.0. The SMILES string of the molecule is Cc1cc(C(F)(F)F)cc(C(F)(F)F)c1-c1cccc[n+]1C. The van der Waals surface area contributed by atoms with Crippen LogP contribution in [-0.2, 0) is 19.4 Å². The second-order valence-corrected chi connectivity index (χ2v) is 4.91. The smallest absolute Gasteiger partial charge is 0.201 e. The molecule has 2 aromatic rings. The van der Waals surface area contributed by atoms with Crippen molar-refractivity contribution in [1.29, 1.82) is 0 Å². The highest BCUT2D eigenvalue weighted by Crippen LogP contribution is 2.41. The highest BCUT2D eigenvalue weighted by Gasteiger charge is 2.40. The molecule has 0 atom stereocenters. The number of aryl methyl sites for hydroxylation is 2. The van der Waals surface area contributed by atoms with Crippen molar-refractivity contribution < 1.29 is 30.9 Å². The van der Waals surface area contributed by atoms with Gasteiger partial charge in [0.2, 0.25) is 5.69 Å². The minimum Gasteiger partial charge on any atom is -0.201 e. The van der Waals surface area contributed by atoms with Crippen LogP contribution in [0.1, 0.15) is 16.7 Å². The number of nitrogens with zero attached hydrogens (tertiary/aromatic N) is 1. The van der Waals surface area contributed by atoms with Crippen molar-refractivity contribution in [3.8, 4) is 11.3 Å². The Hall–Kier alpha value is -2.05. The molecule has 0 saturated heterocycles. The van der Waals surface area contributed by atoms with Crippen LogP contribution < -0.4 is 4.57 Å². The van der Waals surface area contributed by atoms with Crippen LogP contribution in [0.4, 0.5) is 26.3 Å². The zero-order chi connectivity index (χ0) is 16.7. The molecule has 7 heteroatoms. The predicted octanol–water partition coefficient (Wildman–Crippen LogP) is 4.52. The van der Waals surface area contributed by atoms with E-state index in [4.69, 9.17) is 0 Å². The monoisotopic (exact) mass is 320 g/mol. The van der Waals surface area contributed by atoms with E-state index in [-0.39, 0.29) is 22.9 Å². The lowest BCUT2D eigenvalue weighted by atomic mass is 9.94. The minimum atomic E-state index is -4.88. The number of benzene rings is 1. The molecule has 0 spiro atoms. The summed E-state index contributed by atoms with van der Waals surface area (Å²) in [4.78, 5) is 0. The van der Waals surface area contributed by atoms with Crippen LogP contribution >= 0.6 is 0 Å². The lowest BCUT2D eigenvalue weighted by Gasteiger charge is -2.17. The van der Waals surface area contributed by atoms with Crippen molar-refractivity contribution in [3.63, 3.8) is 0 Å². The average Bonchev–Trinajstić information content (AvgIpc) is 2.37. The van der Waals surface area contributed by atoms with Crippen LogP contribution in [0.3, 0.4) is 0 Å². The Bertz CT molecular complexity index is 700. The normalized spacial score (nSPS) is 12.5. The fourth-order valence-corrected chi connectivity index (χ4v) is 2.30. The summed E-state index contributed by atoms with van der Waals surface area (Å²) in [5.41, 5.74) is -2.73. The topological polar surface area (TPSA) is 3.88 Å². The standard InChI is InChI=1S/C15H12F6N/c1-9-7-10(14(16,17)18)8-11(15(19,20)21)13(9)12-5-3-4-6-22(12)2/h3-8H,1-2H3/q+1. The zero-order valence-electron chi connectivity index (χ0n) is 11.7. The highest BCUT2D eigenvalue weighted by atomic mass is 19.4. The van der Waals surface area contributed by atoms with Crippen molar-refractivity contribution in [1.82, 2.24) is 0 Å². The maximum absolute atomic E-state index is 13.2. The molecule has 0 unspecified atom stereocenters. The average molecular weight is 320 g/mol. The number of pyridine rings is 1. The van der Waals surface area contributed by atoms with Gasteiger partial charge in [0, 0.05) is 12.1 Å². The Morgan fingerprint density at radius 1 is 0.909 bits per heavy atom. The van der Waals surface area contributed by atoms with Crippen LogP contribution in [-0.4, -0.2) is 0 Å². The van der Waals surface area contributed by atoms with E-state index in [2.05, 4.69) is 0 Å². The quantitative estimate of drug-likeness (QED) is 0.537. The van der Waals surface area contributed by atoms with Crippen LogP contribution in [0.2, 0.25) is 0 Å². The molecule has 0 aliphatic rings. The van der Waals surface area contributed by atoms with E-state index in [0.29, 0.717) is 0 Å². The molecule has 2 rings (SSSR count). The number of rotatable bonds is 1. The highest BCUT2D eigenvalue weighted by molar-refractivity contribution is 5.67. The maximum Gasteiger partial charge on any atom is 0.417 e. The zero-order valence-corrected chi connectivity index (χ0v) is 11.7. The molecule has 22 heavy (non-hydrogen) atoms. The molecule has 0 aliphatic heterocycles. The number of aromatic nitrogens is 1. The number of alkyl halides is 6. The molecule has 118 valence electrons. The second-order valence-electron chi connectivity index (χ2n) is 4.91. The van der Waals surface area contributed by atoms with E-state index in [9.17, 15) is 26.3 Å². The molecule has 1 heterocycles. The lowest BCUT2D eigenvalue weighted by molar-refractivity contribution is -0.660.